The number of guanidine groups is 1. The van der Waals surface area contributed by atoms with Gasteiger partial charge in [0.05, 0.1) is 21.3 Å². The van der Waals surface area contributed by atoms with Crippen LogP contribution in [-0.4, -0.2) is 40.9 Å². The van der Waals surface area contributed by atoms with Crippen LogP contribution < -0.4 is 24.8 Å². The van der Waals surface area contributed by atoms with Crippen LogP contribution in [0.15, 0.2) is 47.5 Å². The van der Waals surface area contributed by atoms with Crippen molar-refractivity contribution in [2.75, 3.05) is 34.9 Å². The zero-order valence-electron chi connectivity index (χ0n) is 17.0. The third kappa shape index (κ3) is 4.68. The highest BCUT2D eigenvalue weighted by molar-refractivity contribution is 5.79. The molecule has 0 heterocycles. The molecule has 0 aliphatic heterocycles. The summed E-state index contributed by atoms with van der Waals surface area (Å²) in [5.41, 5.74) is 2.45. The topological polar surface area (TPSA) is 64.1 Å². The number of nitrogens with one attached hydrogen (secondary N) is 2. The lowest BCUT2D eigenvalue weighted by atomic mass is 10.1. The van der Waals surface area contributed by atoms with Crippen molar-refractivity contribution >= 4 is 5.96 Å². The Bertz CT molecular complexity index is 783. The van der Waals surface area contributed by atoms with E-state index in [0.29, 0.717) is 35.6 Å². The van der Waals surface area contributed by atoms with Gasteiger partial charge in [0.1, 0.15) is 0 Å². The fraction of sp³-hybridized carbons (Fsp3) is 0.409. The quantitative estimate of drug-likeness (QED) is 0.541. The maximum atomic E-state index is 5.41. The summed E-state index contributed by atoms with van der Waals surface area (Å²) >= 11 is 0. The van der Waals surface area contributed by atoms with Crippen molar-refractivity contribution in [3.63, 3.8) is 0 Å². The van der Waals surface area contributed by atoms with Crippen LogP contribution in [0.1, 0.15) is 23.5 Å². The fourth-order valence-electron chi connectivity index (χ4n) is 3.45. The van der Waals surface area contributed by atoms with Gasteiger partial charge in [-0.3, -0.25) is 4.99 Å². The van der Waals surface area contributed by atoms with E-state index in [9.17, 15) is 0 Å². The molecule has 2 atom stereocenters. The minimum absolute atomic E-state index is 0.594. The van der Waals surface area contributed by atoms with Gasteiger partial charge in [0.2, 0.25) is 5.75 Å². The summed E-state index contributed by atoms with van der Waals surface area (Å²) in [5.74, 6) is 3.98. The van der Waals surface area contributed by atoms with Gasteiger partial charge in [-0.2, -0.15) is 0 Å². The number of methoxy groups -OCH3 is 3. The molecule has 6 nitrogen and oxygen atoms in total. The zero-order chi connectivity index (χ0) is 19.9. The smallest absolute Gasteiger partial charge is 0.203 e. The lowest BCUT2D eigenvalue weighted by Crippen LogP contribution is -2.38. The van der Waals surface area contributed by atoms with Crippen molar-refractivity contribution in [1.29, 1.82) is 0 Å². The van der Waals surface area contributed by atoms with E-state index < -0.39 is 0 Å². The Hall–Kier alpha value is -2.89. The van der Waals surface area contributed by atoms with Gasteiger partial charge in [-0.05, 0) is 41.5 Å². The van der Waals surface area contributed by atoms with Gasteiger partial charge in [0.15, 0.2) is 17.5 Å². The number of benzene rings is 2. The minimum atomic E-state index is 0.594. The Labute approximate surface area is 166 Å². The predicted octanol–water partition coefficient (Wildman–Crippen LogP) is 3.18. The lowest BCUT2D eigenvalue weighted by Gasteiger charge is -2.16. The van der Waals surface area contributed by atoms with Gasteiger partial charge in [0, 0.05) is 20.1 Å². The molecule has 1 saturated carbocycles. The van der Waals surface area contributed by atoms with Gasteiger partial charge in [-0.25, -0.2) is 0 Å². The molecule has 0 bridgehead atoms. The molecule has 6 heteroatoms. The Morgan fingerprint density at radius 1 is 1.00 bits per heavy atom. The number of ether oxygens (including phenoxy) is 3. The molecule has 2 N–H and O–H groups in total. The molecule has 150 valence electrons. The van der Waals surface area contributed by atoms with E-state index in [1.54, 1.807) is 28.4 Å². The first-order valence-corrected chi connectivity index (χ1v) is 9.48. The lowest BCUT2D eigenvalue weighted by molar-refractivity contribution is 0.323. The van der Waals surface area contributed by atoms with Crippen LogP contribution in [0, 0.1) is 5.92 Å². The Balaban J connectivity index is 1.53. The third-order valence-electron chi connectivity index (χ3n) is 5.09. The van der Waals surface area contributed by atoms with Crippen molar-refractivity contribution < 1.29 is 14.2 Å². The Morgan fingerprint density at radius 2 is 1.68 bits per heavy atom. The number of rotatable bonds is 8. The SMILES string of the molecule is CN=C(NCc1cc(OC)c(OC)c(OC)c1)NCC1CC1c1ccccc1. The summed E-state index contributed by atoms with van der Waals surface area (Å²) in [5, 5.41) is 6.78. The van der Waals surface area contributed by atoms with Crippen LogP contribution in [0.25, 0.3) is 0 Å². The van der Waals surface area contributed by atoms with Crippen molar-refractivity contribution in [1.82, 2.24) is 10.6 Å². The second kappa shape index (κ2) is 9.35. The molecule has 0 radical (unpaired) electrons. The van der Waals surface area contributed by atoms with E-state index in [1.165, 1.54) is 12.0 Å². The average Bonchev–Trinajstić information content (AvgIpc) is 3.53. The number of nitrogens with zero attached hydrogens (tertiary/aromatic N) is 1. The normalized spacial score (nSPS) is 18.4. The molecule has 0 amide bonds. The maximum Gasteiger partial charge on any atom is 0.203 e. The first-order valence-electron chi connectivity index (χ1n) is 9.48. The van der Waals surface area contributed by atoms with Crippen LogP contribution in [0.2, 0.25) is 0 Å². The molecule has 2 aromatic carbocycles. The first-order chi connectivity index (χ1) is 13.7. The molecule has 1 aliphatic carbocycles. The van der Waals surface area contributed by atoms with Gasteiger partial charge in [-0.1, -0.05) is 30.3 Å². The summed E-state index contributed by atoms with van der Waals surface area (Å²) in [6.45, 7) is 1.51. The van der Waals surface area contributed by atoms with Crippen molar-refractivity contribution in [3.05, 3.63) is 53.6 Å². The maximum absolute atomic E-state index is 5.41. The molecule has 1 aliphatic rings. The Morgan fingerprint density at radius 3 is 2.25 bits per heavy atom. The second-order valence-electron chi connectivity index (χ2n) is 6.85. The van der Waals surface area contributed by atoms with Crippen LogP contribution in [0.4, 0.5) is 0 Å². The van der Waals surface area contributed by atoms with Crippen molar-refractivity contribution in [2.45, 2.75) is 18.9 Å². The van der Waals surface area contributed by atoms with E-state index in [4.69, 9.17) is 14.2 Å². The van der Waals surface area contributed by atoms with Crippen LogP contribution in [0.5, 0.6) is 17.2 Å². The van der Waals surface area contributed by atoms with Gasteiger partial charge >= 0.3 is 0 Å². The summed E-state index contributed by atoms with van der Waals surface area (Å²) < 4.78 is 16.2. The molecular formula is C22H29N3O3. The molecule has 0 saturated heterocycles. The number of hydrogen-bond donors (Lipinski definition) is 2. The predicted molar refractivity (Wildman–Crippen MR) is 112 cm³/mol. The van der Waals surface area contributed by atoms with Crippen LogP contribution in [0.3, 0.4) is 0 Å². The molecule has 3 rings (SSSR count). The number of aliphatic imine (C=N–C) groups is 1. The summed E-state index contributed by atoms with van der Waals surface area (Å²) in [7, 11) is 6.62. The highest BCUT2D eigenvalue weighted by atomic mass is 16.5. The average molecular weight is 383 g/mol. The monoisotopic (exact) mass is 383 g/mol. The Kier molecular flexibility index (Phi) is 6.63. The van der Waals surface area contributed by atoms with Gasteiger partial charge < -0.3 is 24.8 Å². The molecule has 0 spiro atoms. The minimum Gasteiger partial charge on any atom is -0.493 e. The fourth-order valence-corrected chi connectivity index (χ4v) is 3.45. The standard InChI is InChI=1S/C22H29N3O3/c1-23-22(25-14-17-12-18(17)16-8-6-5-7-9-16)24-13-15-10-19(26-2)21(28-4)20(11-15)27-3/h5-11,17-18H,12-14H2,1-4H3,(H2,23,24,25). The summed E-state index contributed by atoms with van der Waals surface area (Å²) in [6, 6.07) is 14.6. The van der Waals surface area contributed by atoms with Crippen molar-refractivity contribution in [2.24, 2.45) is 10.9 Å². The highest BCUT2D eigenvalue weighted by Gasteiger charge is 2.37. The summed E-state index contributed by atoms with van der Waals surface area (Å²) in [4.78, 5) is 4.33. The van der Waals surface area contributed by atoms with E-state index in [0.717, 1.165) is 18.1 Å². The molecule has 28 heavy (non-hydrogen) atoms. The van der Waals surface area contributed by atoms with Gasteiger partial charge in [-0.15, -0.1) is 0 Å². The van der Waals surface area contributed by atoms with E-state index >= 15 is 0 Å². The summed E-state index contributed by atoms with van der Waals surface area (Å²) in [6.07, 6.45) is 1.22. The van der Waals surface area contributed by atoms with Crippen LogP contribution in [-0.2, 0) is 6.54 Å². The zero-order valence-corrected chi connectivity index (χ0v) is 17.0. The molecule has 2 unspecified atom stereocenters. The van der Waals surface area contributed by atoms with Crippen LogP contribution >= 0.6 is 0 Å². The highest BCUT2D eigenvalue weighted by Crippen LogP contribution is 2.46. The van der Waals surface area contributed by atoms with E-state index in [2.05, 4.69) is 46.0 Å². The molecule has 1 fully saturated rings. The molecular weight excluding hydrogens is 354 g/mol. The van der Waals surface area contributed by atoms with E-state index in [1.807, 2.05) is 12.1 Å². The third-order valence-corrected chi connectivity index (χ3v) is 5.09. The van der Waals surface area contributed by atoms with Crippen molar-refractivity contribution in [3.8, 4) is 17.2 Å². The molecule has 0 aromatic heterocycles. The second-order valence-corrected chi connectivity index (χ2v) is 6.85. The first kappa shape index (κ1) is 19.9. The van der Waals surface area contributed by atoms with E-state index in [-0.39, 0.29) is 0 Å². The molecule has 2 aromatic rings. The number of hydrogen-bond acceptors (Lipinski definition) is 4. The largest absolute Gasteiger partial charge is 0.493 e. The van der Waals surface area contributed by atoms with Gasteiger partial charge in [0.25, 0.3) is 0 Å².